The summed E-state index contributed by atoms with van der Waals surface area (Å²) in [6.45, 7) is 1.94. The fraction of sp³-hybridized carbons (Fsp3) is 0.600. The van der Waals surface area contributed by atoms with E-state index >= 15 is 0 Å². The van der Waals surface area contributed by atoms with Crippen LogP contribution in [0.25, 0.3) is 0 Å². The zero-order chi connectivity index (χ0) is 12.3. The van der Waals surface area contributed by atoms with Crippen molar-refractivity contribution in [2.24, 2.45) is 5.92 Å². The number of ether oxygens (including phenoxy) is 1. The van der Waals surface area contributed by atoms with Crippen molar-refractivity contribution < 1.29 is 14.6 Å². The van der Waals surface area contributed by atoms with E-state index in [-0.39, 0.29) is 0 Å². The highest BCUT2D eigenvalue weighted by molar-refractivity contribution is 9.10. The average molecular weight is 321 g/mol. The lowest BCUT2D eigenvalue weighted by molar-refractivity contribution is 0.0680. The minimum atomic E-state index is -0.946. The van der Waals surface area contributed by atoms with Gasteiger partial charge >= 0.3 is 6.09 Å². The molecule has 17 heavy (non-hydrogen) atoms. The van der Waals surface area contributed by atoms with Crippen LogP contribution in [0.4, 0.5) is 9.93 Å². The zero-order valence-electron chi connectivity index (χ0n) is 9.13. The normalized spacial score (nSPS) is 17.0. The van der Waals surface area contributed by atoms with Gasteiger partial charge in [-0.2, -0.15) is 0 Å². The Morgan fingerprint density at radius 1 is 1.65 bits per heavy atom. The van der Waals surface area contributed by atoms with Crippen LogP contribution in [0.5, 0.6) is 0 Å². The molecule has 1 aromatic rings. The Morgan fingerprint density at radius 2 is 2.35 bits per heavy atom. The molecule has 0 spiro atoms. The van der Waals surface area contributed by atoms with Crippen molar-refractivity contribution in [2.75, 3.05) is 24.7 Å². The summed E-state index contributed by atoms with van der Waals surface area (Å²) in [4.78, 5) is 16.7. The van der Waals surface area contributed by atoms with Gasteiger partial charge in [0.2, 0.25) is 0 Å². The number of halogens is 1. The molecule has 1 amide bonds. The number of carbonyl (C=O) groups is 1. The van der Waals surface area contributed by atoms with E-state index in [0.29, 0.717) is 22.2 Å². The number of hydrogen-bond acceptors (Lipinski definition) is 4. The van der Waals surface area contributed by atoms with Crippen LogP contribution in [-0.4, -0.2) is 35.9 Å². The third kappa shape index (κ3) is 3.40. The molecule has 0 radical (unpaired) electrons. The lowest BCUT2D eigenvalue weighted by Crippen LogP contribution is -2.36. The molecule has 0 unspecified atom stereocenters. The number of thiazole rings is 1. The number of nitrogens with zero attached hydrogens (tertiary/aromatic N) is 2. The first-order valence-corrected chi connectivity index (χ1v) is 7.03. The SMILES string of the molecule is O=C(O)N(CC1CCOCC1)c1nc(Br)cs1. The van der Waals surface area contributed by atoms with Crippen molar-refractivity contribution in [3.05, 3.63) is 9.98 Å². The van der Waals surface area contributed by atoms with Gasteiger partial charge in [0, 0.05) is 25.1 Å². The molecule has 0 aliphatic carbocycles. The molecule has 0 aromatic carbocycles. The van der Waals surface area contributed by atoms with Gasteiger partial charge in [0.25, 0.3) is 0 Å². The second-order valence-electron chi connectivity index (χ2n) is 3.90. The lowest BCUT2D eigenvalue weighted by atomic mass is 10.00. The predicted molar refractivity (Wildman–Crippen MR) is 68.7 cm³/mol. The smallest absolute Gasteiger partial charge is 0.413 e. The van der Waals surface area contributed by atoms with Crippen molar-refractivity contribution in [1.29, 1.82) is 0 Å². The van der Waals surface area contributed by atoms with Crippen LogP contribution in [0.1, 0.15) is 12.8 Å². The third-order valence-electron chi connectivity index (χ3n) is 2.71. The van der Waals surface area contributed by atoms with Crippen LogP contribution >= 0.6 is 27.3 Å². The van der Waals surface area contributed by atoms with Crippen LogP contribution in [0.2, 0.25) is 0 Å². The first kappa shape index (κ1) is 12.8. The standard InChI is InChI=1S/C10H13BrN2O3S/c11-8-6-17-9(12-8)13(10(14)15)5-7-1-3-16-4-2-7/h6-7H,1-5H2,(H,14,15). The van der Waals surface area contributed by atoms with E-state index in [4.69, 9.17) is 4.74 Å². The Labute approximate surface area is 112 Å². The summed E-state index contributed by atoms with van der Waals surface area (Å²) in [7, 11) is 0. The molecule has 0 atom stereocenters. The van der Waals surface area contributed by atoms with Crippen molar-refractivity contribution in [2.45, 2.75) is 12.8 Å². The fourth-order valence-electron chi connectivity index (χ4n) is 1.79. The Balaban J connectivity index is 2.04. The third-order valence-corrected chi connectivity index (χ3v) is 4.28. The van der Waals surface area contributed by atoms with Gasteiger partial charge in [0.05, 0.1) is 0 Å². The molecule has 5 nitrogen and oxygen atoms in total. The fourth-order valence-corrected chi connectivity index (χ4v) is 3.05. The number of anilines is 1. The van der Waals surface area contributed by atoms with Gasteiger partial charge in [-0.15, -0.1) is 11.3 Å². The molecule has 2 rings (SSSR count). The second kappa shape index (κ2) is 5.79. The lowest BCUT2D eigenvalue weighted by Gasteiger charge is -2.26. The summed E-state index contributed by atoms with van der Waals surface area (Å²) in [5.74, 6) is 0.363. The molecular formula is C10H13BrN2O3S. The van der Waals surface area contributed by atoms with Crippen molar-refractivity contribution in [3.63, 3.8) is 0 Å². The molecule has 1 aliphatic rings. The van der Waals surface area contributed by atoms with E-state index in [0.717, 1.165) is 26.1 Å². The summed E-state index contributed by atoms with van der Waals surface area (Å²) in [5.41, 5.74) is 0. The molecule has 0 saturated carbocycles. The highest BCUT2D eigenvalue weighted by atomic mass is 79.9. The van der Waals surface area contributed by atoms with Crippen LogP contribution in [-0.2, 0) is 4.74 Å². The van der Waals surface area contributed by atoms with Gasteiger partial charge in [0.15, 0.2) is 5.13 Å². The maximum atomic E-state index is 11.2. The first-order chi connectivity index (χ1) is 8.16. The van der Waals surface area contributed by atoms with Crippen molar-refractivity contribution >= 4 is 38.5 Å². The molecule has 0 bridgehead atoms. The highest BCUT2D eigenvalue weighted by Crippen LogP contribution is 2.26. The van der Waals surface area contributed by atoms with Gasteiger partial charge in [-0.3, -0.25) is 4.90 Å². The number of carboxylic acid groups (broad SMARTS) is 1. The molecule has 7 heteroatoms. The zero-order valence-corrected chi connectivity index (χ0v) is 11.5. The number of hydrogen-bond donors (Lipinski definition) is 1. The van der Waals surface area contributed by atoms with E-state index in [1.165, 1.54) is 16.2 Å². The quantitative estimate of drug-likeness (QED) is 0.930. The van der Waals surface area contributed by atoms with Gasteiger partial charge in [-0.1, -0.05) is 0 Å². The van der Waals surface area contributed by atoms with Crippen LogP contribution in [0.15, 0.2) is 9.98 Å². The van der Waals surface area contributed by atoms with E-state index < -0.39 is 6.09 Å². The second-order valence-corrected chi connectivity index (χ2v) is 5.55. The molecule has 1 saturated heterocycles. The van der Waals surface area contributed by atoms with Gasteiger partial charge in [-0.25, -0.2) is 9.78 Å². The predicted octanol–water partition coefficient (Wildman–Crippen LogP) is 2.82. The van der Waals surface area contributed by atoms with E-state index in [2.05, 4.69) is 20.9 Å². The molecular weight excluding hydrogens is 308 g/mol. The summed E-state index contributed by atoms with van der Waals surface area (Å²) >= 11 is 4.56. The molecule has 2 heterocycles. The minimum absolute atomic E-state index is 0.363. The van der Waals surface area contributed by atoms with Crippen molar-refractivity contribution in [3.8, 4) is 0 Å². The average Bonchev–Trinajstić information content (AvgIpc) is 2.73. The topological polar surface area (TPSA) is 62.7 Å². The summed E-state index contributed by atoms with van der Waals surface area (Å²) in [6, 6.07) is 0. The number of aromatic nitrogens is 1. The molecule has 1 aliphatic heterocycles. The van der Waals surface area contributed by atoms with E-state index in [1.807, 2.05) is 0 Å². The summed E-state index contributed by atoms with van der Waals surface area (Å²) in [6.07, 6.45) is 0.880. The van der Waals surface area contributed by atoms with Gasteiger partial charge in [0.1, 0.15) is 4.60 Å². The minimum Gasteiger partial charge on any atom is -0.465 e. The largest absolute Gasteiger partial charge is 0.465 e. The molecule has 94 valence electrons. The van der Waals surface area contributed by atoms with E-state index in [9.17, 15) is 9.90 Å². The Bertz CT molecular complexity index is 393. The Morgan fingerprint density at radius 3 is 2.88 bits per heavy atom. The van der Waals surface area contributed by atoms with Crippen LogP contribution in [0.3, 0.4) is 0 Å². The van der Waals surface area contributed by atoms with Gasteiger partial charge in [-0.05, 0) is 34.7 Å². The summed E-state index contributed by atoms with van der Waals surface area (Å²) < 4.78 is 5.94. The molecule has 1 aromatic heterocycles. The monoisotopic (exact) mass is 320 g/mol. The highest BCUT2D eigenvalue weighted by Gasteiger charge is 2.23. The first-order valence-electron chi connectivity index (χ1n) is 5.36. The van der Waals surface area contributed by atoms with Crippen molar-refractivity contribution in [1.82, 2.24) is 4.98 Å². The Hall–Kier alpha value is -0.660. The van der Waals surface area contributed by atoms with Gasteiger partial charge < -0.3 is 9.84 Å². The van der Waals surface area contributed by atoms with E-state index in [1.54, 1.807) is 5.38 Å². The number of rotatable bonds is 3. The summed E-state index contributed by atoms with van der Waals surface area (Å²) in [5, 5.41) is 11.5. The van der Waals surface area contributed by atoms with Crippen LogP contribution in [0, 0.1) is 5.92 Å². The molecule has 1 fully saturated rings. The molecule has 1 N–H and O–H groups in total. The maximum Gasteiger partial charge on any atom is 0.413 e. The maximum absolute atomic E-state index is 11.2. The van der Waals surface area contributed by atoms with Crippen LogP contribution < -0.4 is 4.90 Å². The Kier molecular flexibility index (Phi) is 4.36. The number of amides is 1.